The fourth-order valence-electron chi connectivity index (χ4n) is 3.75. The van der Waals surface area contributed by atoms with Gasteiger partial charge in [0.1, 0.15) is 12.4 Å². The van der Waals surface area contributed by atoms with Crippen LogP contribution in [0, 0.1) is 6.92 Å². The van der Waals surface area contributed by atoms with E-state index in [0.29, 0.717) is 22.9 Å². The second kappa shape index (κ2) is 12.9. The highest BCUT2D eigenvalue weighted by atomic mass is 79.9. The van der Waals surface area contributed by atoms with Gasteiger partial charge in [-0.3, -0.25) is 4.79 Å². The van der Waals surface area contributed by atoms with Gasteiger partial charge in [-0.15, -0.1) is 11.3 Å². The third-order valence-corrected chi connectivity index (χ3v) is 7.48. The van der Waals surface area contributed by atoms with Crippen LogP contribution in [0.3, 0.4) is 0 Å². The van der Waals surface area contributed by atoms with E-state index in [0.717, 1.165) is 37.7 Å². The highest BCUT2D eigenvalue weighted by Gasteiger charge is 2.09. The lowest BCUT2D eigenvalue weighted by molar-refractivity contribution is 0.0955. The summed E-state index contributed by atoms with van der Waals surface area (Å²) in [5.74, 6) is 0.391. The Morgan fingerprint density at radius 1 is 1.05 bits per heavy atom. The minimum Gasteiger partial charge on any atom is -0.488 e. The van der Waals surface area contributed by atoms with E-state index in [4.69, 9.17) is 16.3 Å². The number of benzene rings is 4. The summed E-state index contributed by atoms with van der Waals surface area (Å²) in [5, 5.41) is 10.9. The molecule has 2 N–H and O–H groups in total. The zero-order chi connectivity index (χ0) is 27.9. The van der Waals surface area contributed by atoms with E-state index in [2.05, 4.69) is 55.8 Å². The van der Waals surface area contributed by atoms with Gasteiger partial charge in [0.25, 0.3) is 5.91 Å². The maximum atomic E-state index is 12.6. The van der Waals surface area contributed by atoms with Gasteiger partial charge >= 0.3 is 0 Å². The molecule has 1 heterocycles. The fourth-order valence-corrected chi connectivity index (χ4v) is 5.21. The molecule has 0 radical (unpaired) electrons. The minimum atomic E-state index is -0.302. The minimum absolute atomic E-state index is 0.302. The van der Waals surface area contributed by atoms with E-state index >= 15 is 0 Å². The Morgan fingerprint density at radius 3 is 2.60 bits per heavy atom. The molecule has 0 aliphatic heterocycles. The van der Waals surface area contributed by atoms with Gasteiger partial charge in [-0.1, -0.05) is 53.6 Å². The number of amides is 1. The van der Waals surface area contributed by atoms with Gasteiger partial charge in [0.2, 0.25) is 0 Å². The van der Waals surface area contributed by atoms with E-state index in [-0.39, 0.29) is 5.91 Å². The highest BCUT2D eigenvalue weighted by Crippen LogP contribution is 2.28. The first-order valence-electron chi connectivity index (χ1n) is 12.3. The highest BCUT2D eigenvalue weighted by molar-refractivity contribution is 9.10. The number of anilines is 2. The van der Waals surface area contributed by atoms with Crippen LogP contribution in [-0.2, 0) is 6.61 Å². The molecule has 9 heteroatoms. The van der Waals surface area contributed by atoms with Crippen molar-refractivity contribution in [3.05, 3.63) is 128 Å². The third-order valence-electron chi connectivity index (χ3n) is 5.87. The van der Waals surface area contributed by atoms with Crippen molar-refractivity contribution in [2.24, 2.45) is 5.10 Å². The normalized spacial score (nSPS) is 11.0. The van der Waals surface area contributed by atoms with Gasteiger partial charge in [-0.2, -0.15) is 5.10 Å². The molecule has 0 unspecified atom stereocenters. The van der Waals surface area contributed by atoms with E-state index in [1.165, 1.54) is 16.9 Å². The number of hydrazone groups is 1. The molecule has 200 valence electrons. The summed E-state index contributed by atoms with van der Waals surface area (Å²) in [5.41, 5.74) is 8.82. The van der Waals surface area contributed by atoms with Crippen LogP contribution in [0.1, 0.15) is 27.0 Å². The molecule has 0 aliphatic carbocycles. The number of aromatic nitrogens is 1. The molecular formula is C31H24BrClN4O2S. The summed E-state index contributed by atoms with van der Waals surface area (Å²) in [4.78, 5) is 17.3. The van der Waals surface area contributed by atoms with Crippen LogP contribution in [0.4, 0.5) is 10.8 Å². The number of aryl methyl sites for hydroxylation is 1. The Balaban J connectivity index is 1.14. The van der Waals surface area contributed by atoms with Crippen molar-refractivity contribution in [3.63, 3.8) is 0 Å². The van der Waals surface area contributed by atoms with Crippen molar-refractivity contribution >= 4 is 61.8 Å². The van der Waals surface area contributed by atoms with Gasteiger partial charge in [-0.05, 0) is 88.6 Å². The first kappa shape index (κ1) is 27.6. The van der Waals surface area contributed by atoms with Gasteiger partial charge < -0.3 is 10.1 Å². The number of ether oxygens (including phenoxy) is 1. The van der Waals surface area contributed by atoms with Gasteiger partial charge in [0.05, 0.1) is 16.4 Å². The molecule has 0 bridgehead atoms. The maximum Gasteiger partial charge on any atom is 0.271 e. The number of carbonyl (C=O) groups excluding carboxylic acids is 1. The quantitative estimate of drug-likeness (QED) is 0.126. The summed E-state index contributed by atoms with van der Waals surface area (Å²) >= 11 is 11.1. The average molecular weight is 632 g/mol. The Morgan fingerprint density at radius 2 is 1.85 bits per heavy atom. The lowest BCUT2D eigenvalue weighted by Crippen LogP contribution is -2.17. The van der Waals surface area contributed by atoms with Crippen molar-refractivity contribution in [1.82, 2.24) is 10.4 Å². The van der Waals surface area contributed by atoms with Crippen molar-refractivity contribution in [2.75, 3.05) is 5.32 Å². The van der Waals surface area contributed by atoms with Crippen LogP contribution in [0.2, 0.25) is 5.02 Å². The number of hydrogen-bond acceptors (Lipinski definition) is 6. The molecule has 0 atom stereocenters. The zero-order valence-corrected chi connectivity index (χ0v) is 24.6. The number of halogens is 2. The predicted octanol–water partition coefficient (Wildman–Crippen LogP) is 8.62. The number of carbonyl (C=O) groups is 1. The fraction of sp³-hybridized carbons (Fsp3) is 0.0645. The molecule has 0 saturated heterocycles. The Hall–Kier alpha value is -3.98. The lowest BCUT2D eigenvalue weighted by atomic mass is 10.1. The Kier molecular flexibility index (Phi) is 8.91. The molecule has 6 nitrogen and oxygen atoms in total. The second-order valence-corrected chi connectivity index (χ2v) is 11.1. The Labute approximate surface area is 249 Å². The van der Waals surface area contributed by atoms with Crippen LogP contribution in [-0.4, -0.2) is 17.1 Å². The molecule has 1 aromatic heterocycles. The van der Waals surface area contributed by atoms with Crippen molar-refractivity contribution < 1.29 is 9.53 Å². The maximum absolute atomic E-state index is 12.6. The monoisotopic (exact) mass is 630 g/mol. The number of rotatable bonds is 9. The number of thiazole rings is 1. The van der Waals surface area contributed by atoms with Crippen molar-refractivity contribution in [3.8, 4) is 17.0 Å². The zero-order valence-electron chi connectivity index (χ0n) is 21.4. The van der Waals surface area contributed by atoms with Crippen LogP contribution in [0.5, 0.6) is 5.75 Å². The average Bonchev–Trinajstić information content (AvgIpc) is 3.42. The van der Waals surface area contributed by atoms with Crippen LogP contribution in [0.25, 0.3) is 11.3 Å². The number of nitrogens with zero attached hydrogens (tertiary/aromatic N) is 2. The molecule has 0 fully saturated rings. The first-order valence-corrected chi connectivity index (χ1v) is 14.4. The molecule has 40 heavy (non-hydrogen) atoms. The second-order valence-electron chi connectivity index (χ2n) is 8.91. The van der Waals surface area contributed by atoms with Gasteiger partial charge in [-0.25, -0.2) is 10.4 Å². The van der Waals surface area contributed by atoms with E-state index in [9.17, 15) is 4.79 Å². The summed E-state index contributed by atoms with van der Waals surface area (Å²) in [6, 6.07) is 28.5. The topological polar surface area (TPSA) is 75.6 Å². The summed E-state index contributed by atoms with van der Waals surface area (Å²) in [6.07, 6.45) is 1.58. The molecule has 5 rings (SSSR count). The largest absolute Gasteiger partial charge is 0.488 e. The van der Waals surface area contributed by atoms with Crippen LogP contribution >= 0.6 is 38.9 Å². The number of nitrogens with one attached hydrogen (secondary N) is 2. The SMILES string of the molecule is Cc1ccc(Nc2nc(-c3ccc(C(=O)N/N=C\c4ccc(OCc5cccc(Cl)c5)c(Br)c4)cc3)cs2)cc1. The predicted molar refractivity (Wildman–Crippen MR) is 167 cm³/mol. The van der Waals surface area contributed by atoms with Crippen molar-refractivity contribution in [1.29, 1.82) is 0 Å². The van der Waals surface area contributed by atoms with Crippen LogP contribution in [0.15, 0.2) is 106 Å². The lowest BCUT2D eigenvalue weighted by Gasteiger charge is -2.09. The van der Waals surface area contributed by atoms with Crippen molar-refractivity contribution in [2.45, 2.75) is 13.5 Å². The van der Waals surface area contributed by atoms with Gasteiger partial charge in [0.15, 0.2) is 5.13 Å². The Bertz CT molecular complexity index is 1650. The standard InChI is InChI=1S/C31H24BrClN4O2S/c1-20-5-12-26(13-6-20)35-31-36-28(19-40-31)23-8-10-24(11-9-23)30(38)37-34-17-21-7-14-29(27(32)16-21)39-18-22-3-2-4-25(33)15-22/h2-17,19H,18H2,1H3,(H,35,36)(H,37,38)/b34-17-. The summed E-state index contributed by atoms with van der Waals surface area (Å²) in [6.45, 7) is 2.45. The van der Waals surface area contributed by atoms with Gasteiger partial charge in [0, 0.05) is 27.2 Å². The molecule has 1 amide bonds. The van der Waals surface area contributed by atoms with E-state index < -0.39 is 0 Å². The summed E-state index contributed by atoms with van der Waals surface area (Å²) in [7, 11) is 0. The molecule has 4 aromatic carbocycles. The first-order chi connectivity index (χ1) is 19.4. The molecule has 5 aromatic rings. The van der Waals surface area contributed by atoms with E-state index in [1.54, 1.807) is 18.3 Å². The smallest absolute Gasteiger partial charge is 0.271 e. The van der Waals surface area contributed by atoms with E-state index in [1.807, 2.05) is 72.1 Å². The molecule has 0 saturated carbocycles. The molecule has 0 aliphatic rings. The molecule has 0 spiro atoms. The molecular weight excluding hydrogens is 608 g/mol. The van der Waals surface area contributed by atoms with Crippen LogP contribution < -0.4 is 15.5 Å². The third kappa shape index (κ3) is 7.35. The summed E-state index contributed by atoms with van der Waals surface area (Å²) < 4.78 is 6.66. The number of hydrogen-bond donors (Lipinski definition) is 2.